The summed E-state index contributed by atoms with van der Waals surface area (Å²) in [6, 6.07) is 10.7. The standard InChI is InChI=1S/C15H9F2N3/c16-11-5-4-9(12(17)7-11)6-14-19-13-3-1-2-10(8-18)15(13)20-14/h1-5,7H,6H2,(H,19,20). The lowest BCUT2D eigenvalue weighted by molar-refractivity contribution is 0.574. The summed E-state index contributed by atoms with van der Waals surface area (Å²) in [5.41, 5.74) is 2.10. The molecule has 0 amide bonds. The Morgan fingerprint density at radius 3 is 2.80 bits per heavy atom. The summed E-state index contributed by atoms with van der Waals surface area (Å²) in [6.45, 7) is 0. The normalized spacial score (nSPS) is 10.7. The number of hydrogen-bond donors (Lipinski definition) is 1. The second kappa shape index (κ2) is 4.74. The van der Waals surface area contributed by atoms with Crippen molar-refractivity contribution in [3.05, 3.63) is 65.0 Å². The van der Waals surface area contributed by atoms with Crippen molar-refractivity contribution in [2.24, 2.45) is 0 Å². The van der Waals surface area contributed by atoms with Crippen LogP contribution in [-0.2, 0) is 6.42 Å². The molecular formula is C15H9F2N3. The number of halogens is 2. The minimum Gasteiger partial charge on any atom is -0.342 e. The molecule has 0 saturated heterocycles. The van der Waals surface area contributed by atoms with Gasteiger partial charge in [0.1, 0.15) is 29.0 Å². The Balaban J connectivity index is 2.01. The Morgan fingerprint density at radius 2 is 2.05 bits per heavy atom. The number of nitriles is 1. The van der Waals surface area contributed by atoms with Gasteiger partial charge in [0.15, 0.2) is 0 Å². The lowest BCUT2D eigenvalue weighted by atomic mass is 10.1. The van der Waals surface area contributed by atoms with E-state index in [-0.39, 0.29) is 6.42 Å². The van der Waals surface area contributed by atoms with Gasteiger partial charge >= 0.3 is 0 Å². The highest BCUT2D eigenvalue weighted by atomic mass is 19.1. The number of nitrogens with zero attached hydrogens (tertiary/aromatic N) is 2. The molecule has 0 saturated carbocycles. The number of imidazole rings is 1. The number of H-pyrrole nitrogens is 1. The van der Waals surface area contributed by atoms with Crippen LogP contribution in [0.4, 0.5) is 8.78 Å². The molecule has 0 aliphatic heterocycles. The zero-order valence-corrected chi connectivity index (χ0v) is 10.3. The summed E-state index contributed by atoms with van der Waals surface area (Å²) < 4.78 is 26.5. The van der Waals surface area contributed by atoms with Crippen molar-refractivity contribution < 1.29 is 8.78 Å². The maximum atomic E-state index is 13.6. The molecule has 1 aromatic heterocycles. The summed E-state index contributed by atoms with van der Waals surface area (Å²) in [7, 11) is 0. The summed E-state index contributed by atoms with van der Waals surface area (Å²) in [4.78, 5) is 7.34. The monoisotopic (exact) mass is 269 g/mol. The number of aromatic amines is 1. The highest BCUT2D eigenvalue weighted by Gasteiger charge is 2.10. The van der Waals surface area contributed by atoms with Gasteiger partial charge in [0.2, 0.25) is 0 Å². The van der Waals surface area contributed by atoms with E-state index >= 15 is 0 Å². The zero-order valence-electron chi connectivity index (χ0n) is 10.3. The number of rotatable bonds is 2. The number of para-hydroxylation sites is 1. The summed E-state index contributed by atoms with van der Waals surface area (Å²) in [6.07, 6.45) is 0.214. The van der Waals surface area contributed by atoms with Crippen LogP contribution >= 0.6 is 0 Å². The van der Waals surface area contributed by atoms with Crippen LogP contribution in [0, 0.1) is 23.0 Å². The second-order valence-electron chi connectivity index (χ2n) is 4.41. The van der Waals surface area contributed by atoms with Gasteiger partial charge < -0.3 is 4.98 Å². The Bertz CT molecular complexity index is 831. The minimum atomic E-state index is -0.609. The van der Waals surface area contributed by atoms with Crippen molar-refractivity contribution in [2.45, 2.75) is 6.42 Å². The van der Waals surface area contributed by atoms with Gasteiger partial charge in [-0.3, -0.25) is 0 Å². The van der Waals surface area contributed by atoms with Crippen LogP contribution in [0.1, 0.15) is 17.0 Å². The molecule has 20 heavy (non-hydrogen) atoms. The van der Waals surface area contributed by atoms with Gasteiger partial charge in [-0.1, -0.05) is 12.1 Å². The van der Waals surface area contributed by atoms with Gasteiger partial charge in [-0.25, -0.2) is 13.8 Å². The number of fused-ring (bicyclic) bond motifs is 1. The number of benzene rings is 2. The van der Waals surface area contributed by atoms with Crippen LogP contribution < -0.4 is 0 Å². The fourth-order valence-electron chi connectivity index (χ4n) is 2.10. The molecule has 0 aliphatic carbocycles. The first-order chi connectivity index (χ1) is 9.67. The van der Waals surface area contributed by atoms with Crippen LogP contribution in [0.15, 0.2) is 36.4 Å². The number of hydrogen-bond acceptors (Lipinski definition) is 2. The smallest absolute Gasteiger partial charge is 0.129 e. The molecular weight excluding hydrogens is 260 g/mol. The molecule has 1 heterocycles. The fraction of sp³-hybridized carbons (Fsp3) is 0.0667. The first-order valence-corrected chi connectivity index (χ1v) is 5.99. The summed E-state index contributed by atoms with van der Waals surface area (Å²) in [5.74, 6) is -0.679. The van der Waals surface area contributed by atoms with Crippen molar-refractivity contribution in [3.63, 3.8) is 0 Å². The Hall–Kier alpha value is -2.74. The van der Waals surface area contributed by atoms with Crippen molar-refractivity contribution >= 4 is 11.0 Å². The number of aromatic nitrogens is 2. The third-order valence-corrected chi connectivity index (χ3v) is 3.06. The van der Waals surface area contributed by atoms with Crippen LogP contribution in [0.5, 0.6) is 0 Å². The predicted molar refractivity (Wildman–Crippen MR) is 70.0 cm³/mol. The van der Waals surface area contributed by atoms with Gasteiger partial charge in [-0.2, -0.15) is 5.26 Å². The average Bonchev–Trinajstić information content (AvgIpc) is 2.84. The highest BCUT2D eigenvalue weighted by Crippen LogP contribution is 2.18. The van der Waals surface area contributed by atoms with E-state index in [1.165, 1.54) is 12.1 Å². The fourth-order valence-corrected chi connectivity index (χ4v) is 2.10. The van der Waals surface area contributed by atoms with Crippen molar-refractivity contribution in [1.82, 2.24) is 9.97 Å². The van der Waals surface area contributed by atoms with E-state index in [1.807, 2.05) is 0 Å². The molecule has 0 aliphatic rings. The van der Waals surface area contributed by atoms with Crippen LogP contribution in [-0.4, -0.2) is 9.97 Å². The van der Waals surface area contributed by atoms with E-state index in [2.05, 4.69) is 16.0 Å². The maximum Gasteiger partial charge on any atom is 0.129 e. The molecule has 0 radical (unpaired) electrons. The summed E-state index contributed by atoms with van der Waals surface area (Å²) >= 11 is 0. The molecule has 0 bridgehead atoms. The van der Waals surface area contributed by atoms with E-state index in [4.69, 9.17) is 5.26 Å². The van der Waals surface area contributed by atoms with E-state index in [0.717, 1.165) is 11.6 Å². The molecule has 3 aromatic rings. The van der Waals surface area contributed by atoms with Gasteiger partial charge in [0.25, 0.3) is 0 Å². The average molecular weight is 269 g/mol. The highest BCUT2D eigenvalue weighted by molar-refractivity contribution is 5.81. The molecule has 0 spiro atoms. The molecule has 98 valence electrons. The molecule has 3 nitrogen and oxygen atoms in total. The van der Waals surface area contributed by atoms with Crippen molar-refractivity contribution in [3.8, 4) is 6.07 Å². The first-order valence-electron chi connectivity index (χ1n) is 5.99. The molecule has 1 N–H and O–H groups in total. The van der Waals surface area contributed by atoms with Gasteiger partial charge in [-0.15, -0.1) is 0 Å². The molecule has 0 fully saturated rings. The molecule has 0 unspecified atom stereocenters. The topological polar surface area (TPSA) is 52.5 Å². The molecule has 2 aromatic carbocycles. The van der Waals surface area contributed by atoms with Crippen molar-refractivity contribution in [1.29, 1.82) is 5.26 Å². The van der Waals surface area contributed by atoms with Gasteiger partial charge in [-0.05, 0) is 23.8 Å². The Morgan fingerprint density at radius 1 is 1.20 bits per heavy atom. The molecule has 0 atom stereocenters. The SMILES string of the molecule is N#Cc1cccc2[nH]c(Cc3ccc(F)cc3F)nc12. The number of nitrogens with one attached hydrogen (secondary N) is 1. The van der Waals surface area contributed by atoms with E-state index in [0.29, 0.717) is 22.5 Å². The first kappa shape index (κ1) is 12.3. The maximum absolute atomic E-state index is 13.6. The van der Waals surface area contributed by atoms with Crippen LogP contribution in [0.2, 0.25) is 0 Å². The lowest BCUT2D eigenvalue weighted by Crippen LogP contribution is -1.95. The second-order valence-corrected chi connectivity index (χ2v) is 4.41. The molecule has 5 heteroatoms. The third kappa shape index (κ3) is 2.12. The van der Waals surface area contributed by atoms with E-state index in [9.17, 15) is 8.78 Å². The van der Waals surface area contributed by atoms with Crippen LogP contribution in [0.3, 0.4) is 0 Å². The van der Waals surface area contributed by atoms with E-state index in [1.54, 1.807) is 18.2 Å². The third-order valence-electron chi connectivity index (χ3n) is 3.06. The van der Waals surface area contributed by atoms with E-state index < -0.39 is 11.6 Å². The zero-order chi connectivity index (χ0) is 14.1. The summed E-state index contributed by atoms with van der Waals surface area (Å²) in [5, 5.41) is 9.00. The molecule has 3 rings (SSSR count). The quantitative estimate of drug-likeness (QED) is 0.776. The minimum absolute atomic E-state index is 0.214. The largest absolute Gasteiger partial charge is 0.342 e. The Labute approximate surface area is 113 Å². The van der Waals surface area contributed by atoms with Gasteiger partial charge in [0, 0.05) is 12.5 Å². The van der Waals surface area contributed by atoms with Gasteiger partial charge in [0.05, 0.1) is 11.1 Å². The lowest BCUT2D eigenvalue weighted by Gasteiger charge is -2.00. The van der Waals surface area contributed by atoms with Crippen molar-refractivity contribution in [2.75, 3.05) is 0 Å². The van der Waals surface area contributed by atoms with Crippen LogP contribution in [0.25, 0.3) is 11.0 Å². The predicted octanol–water partition coefficient (Wildman–Crippen LogP) is 3.30. The Kier molecular flexibility index (Phi) is 2.92.